The Morgan fingerprint density at radius 2 is 2.11 bits per heavy atom. The summed E-state index contributed by atoms with van der Waals surface area (Å²) < 4.78 is 5.59. The normalized spacial score (nSPS) is 42.6. The molecule has 0 radical (unpaired) electrons. The Balaban J connectivity index is 2.19. The molecular weight excluding hydrogens is 242 g/mol. The van der Waals surface area contributed by atoms with Crippen LogP contribution in [0, 0.1) is 0 Å². The van der Waals surface area contributed by atoms with Crippen molar-refractivity contribution in [3.05, 3.63) is 0 Å². The average Bonchev–Trinajstić information content (AvgIpc) is 2.64. The van der Waals surface area contributed by atoms with Crippen LogP contribution in [0.25, 0.3) is 0 Å². The fourth-order valence-electron chi connectivity index (χ4n) is 2.91. The van der Waals surface area contributed by atoms with E-state index in [1.807, 2.05) is 0 Å². The summed E-state index contributed by atoms with van der Waals surface area (Å²) in [7, 11) is 0. The third kappa shape index (κ3) is 2.09. The highest BCUT2D eigenvalue weighted by atomic mass is 16.5. The molecule has 18 heavy (non-hydrogen) atoms. The minimum Gasteiger partial charge on any atom is -0.481 e. The first-order valence-electron chi connectivity index (χ1n) is 5.88. The van der Waals surface area contributed by atoms with Crippen molar-refractivity contribution >= 4 is 11.9 Å². The lowest BCUT2D eigenvalue weighted by atomic mass is 9.85. The molecule has 2 fully saturated rings. The second kappa shape index (κ2) is 4.49. The molecule has 0 aromatic rings. The first kappa shape index (κ1) is 13.3. The van der Waals surface area contributed by atoms with E-state index in [2.05, 4.69) is 5.32 Å². The maximum atomic E-state index is 11.0. The maximum Gasteiger partial charge on any atom is 0.306 e. The topological polar surface area (TPSA) is 116 Å². The van der Waals surface area contributed by atoms with E-state index in [-0.39, 0.29) is 12.3 Å². The van der Waals surface area contributed by atoms with Gasteiger partial charge in [0.2, 0.25) is 5.91 Å². The maximum absolute atomic E-state index is 11.0. The molecule has 7 nitrogen and oxygen atoms in total. The molecule has 2 saturated heterocycles. The minimum atomic E-state index is -1.32. The van der Waals surface area contributed by atoms with E-state index in [9.17, 15) is 19.8 Å². The first-order chi connectivity index (χ1) is 8.35. The molecule has 2 rings (SSSR count). The second-order valence-electron chi connectivity index (χ2n) is 4.99. The number of amides is 1. The van der Waals surface area contributed by atoms with Crippen molar-refractivity contribution in [3.8, 4) is 0 Å². The highest BCUT2D eigenvalue weighted by Crippen LogP contribution is 2.43. The van der Waals surface area contributed by atoms with Gasteiger partial charge in [-0.1, -0.05) is 0 Å². The number of aliphatic hydroxyl groups excluding tert-OH is 2. The third-order valence-corrected chi connectivity index (χ3v) is 3.69. The van der Waals surface area contributed by atoms with Crippen LogP contribution in [-0.4, -0.2) is 57.2 Å². The van der Waals surface area contributed by atoms with Gasteiger partial charge in [0.1, 0.15) is 17.8 Å². The number of carbonyl (C=O) groups excluding carboxylic acids is 1. The number of carboxylic acid groups (broad SMARTS) is 1. The molecule has 0 unspecified atom stereocenters. The Hall–Kier alpha value is -1.18. The van der Waals surface area contributed by atoms with Crippen molar-refractivity contribution in [2.24, 2.45) is 0 Å². The second-order valence-corrected chi connectivity index (χ2v) is 4.99. The number of aliphatic hydroxyl groups is 2. The number of fused-ring (bicyclic) bond motifs is 2. The summed E-state index contributed by atoms with van der Waals surface area (Å²) in [6, 6.07) is -0.693. The van der Waals surface area contributed by atoms with Crippen molar-refractivity contribution in [3.63, 3.8) is 0 Å². The summed E-state index contributed by atoms with van der Waals surface area (Å²) in [5.41, 5.74) is -1.23. The standard InChI is InChI=1S/C11H17NO6/c1-5(13)12-8-6-2-3-11(18-6,4-7(14)15)10(17)9(8)16/h6,8-10,16-17H,2-4H2,1H3,(H,12,13)(H,14,15)/t6-,8+,9-,10-,11-/m1/s1. The zero-order valence-electron chi connectivity index (χ0n) is 10.00. The first-order valence-corrected chi connectivity index (χ1v) is 5.88. The predicted octanol–water partition coefficient (Wildman–Crippen LogP) is -1.38. The number of rotatable bonds is 3. The summed E-state index contributed by atoms with van der Waals surface area (Å²) >= 11 is 0. The van der Waals surface area contributed by atoms with Crippen molar-refractivity contribution in [1.29, 1.82) is 0 Å². The Morgan fingerprint density at radius 1 is 1.44 bits per heavy atom. The van der Waals surface area contributed by atoms with Gasteiger partial charge in [-0.25, -0.2) is 0 Å². The molecule has 2 heterocycles. The number of carbonyl (C=O) groups is 2. The van der Waals surface area contributed by atoms with E-state index in [4.69, 9.17) is 9.84 Å². The SMILES string of the molecule is CC(=O)N[C@@H]1[C@@H](O)[C@@H](O)[C@]2(CC(=O)O)CC[C@H]1O2. The molecule has 2 aliphatic heterocycles. The van der Waals surface area contributed by atoms with E-state index in [0.717, 1.165) is 0 Å². The number of aliphatic carboxylic acids is 1. The molecule has 2 bridgehead atoms. The summed E-state index contributed by atoms with van der Waals surface area (Å²) in [5, 5.41) is 31.5. The smallest absolute Gasteiger partial charge is 0.306 e. The summed E-state index contributed by atoms with van der Waals surface area (Å²) in [6.45, 7) is 1.31. The molecule has 102 valence electrons. The zero-order valence-corrected chi connectivity index (χ0v) is 10.00. The van der Waals surface area contributed by atoms with Crippen LogP contribution in [0.5, 0.6) is 0 Å². The summed E-state index contributed by atoms with van der Waals surface area (Å²) in [5.74, 6) is -1.41. The monoisotopic (exact) mass is 259 g/mol. The molecule has 0 aromatic carbocycles. The number of nitrogens with one attached hydrogen (secondary N) is 1. The zero-order chi connectivity index (χ0) is 13.5. The van der Waals surface area contributed by atoms with Gasteiger partial charge in [0.25, 0.3) is 0 Å². The van der Waals surface area contributed by atoms with Crippen LogP contribution >= 0.6 is 0 Å². The van der Waals surface area contributed by atoms with Crippen LogP contribution in [0.1, 0.15) is 26.2 Å². The van der Waals surface area contributed by atoms with Gasteiger partial charge in [0.05, 0.1) is 18.6 Å². The summed E-state index contributed by atoms with van der Waals surface area (Å²) in [6.07, 6.45) is -2.47. The van der Waals surface area contributed by atoms with Gasteiger partial charge in [-0.15, -0.1) is 0 Å². The molecule has 1 amide bonds. The van der Waals surface area contributed by atoms with E-state index in [1.165, 1.54) is 6.92 Å². The Kier molecular flexibility index (Phi) is 3.31. The van der Waals surface area contributed by atoms with Crippen molar-refractivity contribution in [1.82, 2.24) is 5.32 Å². The molecule has 7 heteroatoms. The predicted molar refractivity (Wildman–Crippen MR) is 58.7 cm³/mol. The molecular formula is C11H17NO6. The molecule has 2 aliphatic rings. The van der Waals surface area contributed by atoms with Gasteiger partial charge in [-0.2, -0.15) is 0 Å². The fourth-order valence-corrected chi connectivity index (χ4v) is 2.91. The van der Waals surface area contributed by atoms with Crippen LogP contribution < -0.4 is 5.32 Å². The van der Waals surface area contributed by atoms with E-state index in [0.29, 0.717) is 12.8 Å². The minimum absolute atomic E-state index is 0.326. The van der Waals surface area contributed by atoms with Crippen LogP contribution in [-0.2, 0) is 14.3 Å². The fraction of sp³-hybridized carbons (Fsp3) is 0.818. The van der Waals surface area contributed by atoms with Crippen molar-refractivity contribution in [2.75, 3.05) is 0 Å². The molecule has 0 aromatic heterocycles. The van der Waals surface area contributed by atoms with E-state index >= 15 is 0 Å². The Bertz CT molecular complexity index is 373. The lowest BCUT2D eigenvalue weighted by Crippen LogP contribution is -2.64. The van der Waals surface area contributed by atoms with Gasteiger partial charge < -0.3 is 25.4 Å². The Labute approximate surface area is 104 Å². The van der Waals surface area contributed by atoms with Crippen LogP contribution in [0.3, 0.4) is 0 Å². The molecule has 0 saturated carbocycles. The largest absolute Gasteiger partial charge is 0.481 e. The van der Waals surface area contributed by atoms with Crippen LogP contribution in [0.15, 0.2) is 0 Å². The number of ether oxygens (including phenoxy) is 1. The third-order valence-electron chi connectivity index (χ3n) is 3.69. The van der Waals surface area contributed by atoms with Crippen LogP contribution in [0.2, 0.25) is 0 Å². The van der Waals surface area contributed by atoms with E-state index in [1.54, 1.807) is 0 Å². The van der Waals surface area contributed by atoms with Gasteiger partial charge in [-0.05, 0) is 12.8 Å². The van der Waals surface area contributed by atoms with E-state index < -0.39 is 35.9 Å². The number of carboxylic acids is 1. The molecule has 0 spiro atoms. The van der Waals surface area contributed by atoms with Gasteiger partial charge in [0, 0.05) is 6.92 Å². The highest BCUT2D eigenvalue weighted by Gasteiger charge is 2.58. The quantitative estimate of drug-likeness (QED) is 0.496. The van der Waals surface area contributed by atoms with Gasteiger partial charge in [0.15, 0.2) is 0 Å². The molecule has 0 aliphatic carbocycles. The number of hydrogen-bond acceptors (Lipinski definition) is 5. The highest BCUT2D eigenvalue weighted by molar-refractivity contribution is 5.73. The van der Waals surface area contributed by atoms with Crippen molar-refractivity contribution < 1.29 is 29.6 Å². The Morgan fingerprint density at radius 3 is 2.67 bits per heavy atom. The van der Waals surface area contributed by atoms with Gasteiger partial charge >= 0.3 is 5.97 Å². The lowest BCUT2D eigenvalue weighted by Gasteiger charge is -2.44. The lowest BCUT2D eigenvalue weighted by molar-refractivity contribution is -0.213. The summed E-state index contributed by atoms with van der Waals surface area (Å²) in [4.78, 5) is 21.9. The van der Waals surface area contributed by atoms with Crippen LogP contribution in [0.4, 0.5) is 0 Å². The number of hydrogen-bond donors (Lipinski definition) is 4. The van der Waals surface area contributed by atoms with Gasteiger partial charge in [-0.3, -0.25) is 9.59 Å². The van der Waals surface area contributed by atoms with Crippen molar-refractivity contribution in [2.45, 2.75) is 56.1 Å². The molecule has 5 atom stereocenters. The molecule has 4 N–H and O–H groups in total. The average molecular weight is 259 g/mol.